The maximum atomic E-state index is 5.35. The summed E-state index contributed by atoms with van der Waals surface area (Å²) in [6.07, 6.45) is 3.60. The second kappa shape index (κ2) is 4.99. The van der Waals surface area contributed by atoms with Crippen LogP contribution in [0.25, 0.3) is 22.6 Å². The predicted molar refractivity (Wildman–Crippen MR) is 72.8 cm³/mol. The molecule has 0 fully saturated rings. The average Bonchev–Trinajstić information content (AvgIpc) is 3.06. The number of pyridine rings is 1. The Morgan fingerprint density at radius 1 is 1.40 bits per heavy atom. The van der Waals surface area contributed by atoms with Crippen LogP contribution in [0.5, 0.6) is 0 Å². The number of hydrogen-bond donors (Lipinski definition) is 0. The van der Waals surface area contributed by atoms with Crippen molar-refractivity contribution in [3.8, 4) is 11.5 Å². The van der Waals surface area contributed by atoms with Gasteiger partial charge in [-0.2, -0.15) is 4.98 Å². The van der Waals surface area contributed by atoms with E-state index >= 15 is 0 Å². The minimum Gasteiger partial charge on any atom is -0.334 e. The molecule has 0 bridgehead atoms. The van der Waals surface area contributed by atoms with Gasteiger partial charge in [0.1, 0.15) is 5.52 Å². The summed E-state index contributed by atoms with van der Waals surface area (Å²) in [6, 6.07) is 1.82. The molecule has 7 heteroatoms. The zero-order valence-corrected chi connectivity index (χ0v) is 11.7. The molecule has 3 aromatic heterocycles. The second-order valence-corrected chi connectivity index (χ2v) is 4.98. The summed E-state index contributed by atoms with van der Waals surface area (Å²) < 4.78 is 6.97. The normalized spacial score (nSPS) is 12.9. The van der Waals surface area contributed by atoms with Crippen molar-refractivity contribution in [2.75, 3.05) is 0 Å². The van der Waals surface area contributed by atoms with Crippen LogP contribution in [0.2, 0.25) is 0 Å². The molecule has 0 amide bonds. The first-order valence-corrected chi connectivity index (χ1v) is 6.66. The smallest absolute Gasteiger partial charge is 0.260 e. The number of aryl methyl sites for hydroxylation is 1. The molecule has 3 rings (SSSR count). The molecule has 3 aromatic rings. The molecule has 7 nitrogen and oxygen atoms in total. The number of nitrogens with zero attached hydrogens (tertiary/aromatic N) is 6. The van der Waals surface area contributed by atoms with E-state index in [0.717, 1.165) is 24.2 Å². The Bertz CT molecular complexity index is 731. The zero-order chi connectivity index (χ0) is 14.1. The summed E-state index contributed by atoms with van der Waals surface area (Å²) in [7, 11) is 1.80. The highest BCUT2D eigenvalue weighted by Crippen LogP contribution is 2.24. The van der Waals surface area contributed by atoms with Crippen molar-refractivity contribution in [3.05, 3.63) is 18.1 Å². The lowest BCUT2D eigenvalue weighted by Gasteiger charge is -2.02. The van der Waals surface area contributed by atoms with Crippen molar-refractivity contribution in [1.29, 1.82) is 0 Å². The lowest BCUT2D eigenvalue weighted by atomic mass is 10.1. The van der Waals surface area contributed by atoms with Crippen molar-refractivity contribution in [2.45, 2.75) is 26.7 Å². The van der Waals surface area contributed by atoms with E-state index in [9.17, 15) is 0 Å². The van der Waals surface area contributed by atoms with Gasteiger partial charge in [-0.15, -0.1) is 5.10 Å². The lowest BCUT2D eigenvalue weighted by molar-refractivity contribution is 0.414. The lowest BCUT2D eigenvalue weighted by Crippen LogP contribution is -1.99. The molecule has 20 heavy (non-hydrogen) atoms. The first kappa shape index (κ1) is 12.7. The SMILES string of the molecule is CCC(C)Cc1noc(-c2ccnc3c2nnn3C)n1. The Morgan fingerprint density at radius 3 is 3.05 bits per heavy atom. The quantitative estimate of drug-likeness (QED) is 0.722. The summed E-state index contributed by atoms with van der Waals surface area (Å²) in [5, 5.41) is 12.1. The summed E-state index contributed by atoms with van der Waals surface area (Å²) >= 11 is 0. The molecule has 0 saturated carbocycles. The van der Waals surface area contributed by atoms with Crippen LogP contribution in [-0.4, -0.2) is 30.1 Å². The van der Waals surface area contributed by atoms with E-state index in [-0.39, 0.29) is 0 Å². The maximum Gasteiger partial charge on any atom is 0.260 e. The van der Waals surface area contributed by atoms with Crippen LogP contribution < -0.4 is 0 Å². The topological polar surface area (TPSA) is 82.5 Å². The maximum absolute atomic E-state index is 5.35. The van der Waals surface area contributed by atoms with Crippen LogP contribution in [0.4, 0.5) is 0 Å². The van der Waals surface area contributed by atoms with E-state index in [2.05, 4.69) is 39.3 Å². The summed E-state index contributed by atoms with van der Waals surface area (Å²) in [4.78, 5) is 8.69. The van der Waals surface area contributed by atoms with Crippen molar-refractivity contribution in [2.24, 2.45) is 13.0 Å². The Balaban J connectivity index is 1.99. The Labute approximate surface area is 116 Å². The molecule has 0 spiro atoms. The number of fused-ring (bicyclic) bond motifs is 1. The Hall–Kier alpha value is -2.31. The van der Waals surface area contributed by atoms with Gasteiger partial charge in [0, 0.05) is 19.7 Å². The molecule has 0 radical (unpaired) electrons. The third-order valence-electron chi connectivity index (χ3n) is 3.42. The average molecular weight is 272 g/mol. The Morgan fingerprint density at radius 2 is 2.25 bits per heavy atom. The minimum atomic E-state index is 0.469. The molecule has 104 valence electrons. The Kier molecular flexibility index (Phi) is 3.17. The molecule has 0 N–H and O–H groups in total. The fraction of sp³-hybridized carbons (Fsp3) is 0.462. The van der Waals surface area contributed by atoms with Gasteiger partial charge >= 0.3 is 0 Å². The third-order valence-corrected chi connectivity index (χ3v) is 3.42. The van der Waals surface area contributed by atoms with E-state index in [1.165, 1.54) is 0 Å². The summed E-state index contributed by atoms with van der Waals surface area (Å²) in [5.41, 5.74) is 2.14. The fourth-order valence-corrected chi connectivity index (χ4v) is 2.01. The molecule has 0 saturated heterocycles. The van der Waals surface area contributed by atoms with Gasteiger partial charge in [-0.25, -0.2) is 9.67 Å². The van der Waals surface area contributed by atoms with Gasteiger partial charge < -0.3 is 4.52 Å². The molecule has 0 aliphatic heterocycles. The largest absolute Gasteiger partial charge is 0.334 e. The minimum absolute atomic E-state index is 0.469. The fourth-order valence-electron chi connectivity index (χ4n) is 2.01. The molecular weight excluding hydrogens is 256 g/mol. The van der Waals surface area contributed by atoms with Crippen LogP contribution in [0, 0.1) is 5.92 Å². The van der Waals surface area contributed by atoms with Crippen LogP contribution in [0.1, 0.15) is 26.1 Å². The molecule has 0 aliphatic carbocycles. The van der Waals surface area contributed by atoms with Gasteiger partial charge in [0.25, 0.3) is 5.89 Å². The zero-order valence-electron chi connectivity index (χ0n) is 11.7. The van der Waals surface area contributed by atoms with Gasteiger partial charge in [0.15, 0.2) is 11.5 Å². The standard InChI is InChI=1S/C13H16N6O/c1-4-8(2)7-10-15-13(20-17-10)9-5-6-14-12-11(9)16-18-19(12)3/h5-6,8H,4,7H2,1-3H3. The van der Waals surface area contributed by atoms with Crippen molar-refractivity contribution in [3.63, 3.8) is 0 Å². The van der Waals surface area contributed by atoms with Crippen LogP contribution >= 0.6 is 0 Å². The molecule has 1 atom stereocenters. The first-order chi connectivity index (χ1) is 9.69. The first-order valence-electron chi connectivity index (χ1n) is 6.66. The highest BCUT2D eigenvalue weighted by atomic mass is 16.5. The molecule has 0 aliphatic rings. The highest BCUT2D eigenvalue weighted by Gasteiger charge is 2.16. The van der Waals surface area contributed by atoms with Crippen molar-refractivity contribution >= 4 is 11.2 Å². The predicted octanol–water partition coefficient (Wildman–Crippen LogP) is 2.00. The summed E-state index contributed by atoms with van der Waals surface area (Å²) in [6.45, 7) is 4.32. The monoisotopic (exact) mass is 272 g/mol. The van der Waals surface area contributed by atoms with E-state index in [4.69, 9.17) is 4.52 Å². The molecule has 1 unspecified atom stereocenters. The van der Waals surface area contributed by atoms with Crippen molar-refractivity contribution in [1.82, 2.24) is 30.1 Å². The van der Waals surface area contributed by atoms with Gasteiger partial charge in [0.05, 0.1) is 5.56 Å². The molecule has 0 aromatic carbocycles. The van der Waals surface area contributed by atoms with Gasteiger partial charge in [-0.1, -0.05) is 30.6 Å². The second-order valence-electron chi connectivity index (χ2n) is 4.98. The molecule has 3 heterocycles. The van der Waals surface area contributed by atoms with Crippen LogP contribution in [0.3, 0.4) is 0 Å². The van der Waals surface area contributed by atoms with Crippen molar-refractivity contribution < 1.29 is 4.52 Å². The van der Waals surface area contributed by atoms with E-state index in [0.29, 0.717) is 23.0 Å². The van der Waals surface area contributed by atoms with E-state index in [1.807, 2.05) is 6.07 Å². The van der Waals surface area contributed by atoms with Crippen LogP contribution in [-0.2, 0) is 13.5 Å². The molecular formula is C13H16N6O. The number of rotatable bonds is 4. The van der Waals surface area contributed by atoms with Gasteiger partial charge in [-0.05, 0) is 12.0 Å². The van der Waals surface area contributed by atoms with E-state index < -0.39 is 0 Å². The number of aromatic nitrogens is 6. The highest BCUT2D eigenvalue weighted by molar-refractivity contribution is 5.86. The third kappa shape index (κ3) is 2.15. The van der Waals surface area contributed by atoms with Gasteiger partial charge in [0.2, 0.25) is 0 Å². The summed E-state index contributed by atoms with van der Waals surface area (Å²) in [5.74, 6) is 1.73. The van der Waals surface area contributed by atoms with E-state index in [1.54, 1.807) is 17.9 Å². The number of hydrogen-bond acceptors (Lipinski definition) is 6. The van der Waals surface area contributed by atoms with Gasteiger partial charge in [-0.3, -0.25) is 0 Å². The van der Waals surface area contributed by atoms with Crippen LogP contribution in [0.15, 0.2) is 16.8 Å².